The van der Waals surface area contributed by atoms with Gasteiger partial charge in [0.1, 0.15) is 10.6 Å². The second-order valence-electron chi connectivity index (χ2n) is 6.93. The van der Waals surface area contributed by atoms with E-state index in [2.05, 4.69) is 0 Å². The quantitative estimate of drug-likeness (QED) is 0.762. The number of carbonyl (C=O) groups is 2. The number of amides is 2. The molecule has 2 amide bonds. The highest BCUT2D eigenvalue weighted by Gasteiger charge is 2.30. The third-order valence-corrected chi connectivity index (χ3v) is 7.03. The Labute approximate surface area is 154 Å². The van der Waals surface area contributed by atoms with E-state index < -0.39 is 10.0 Å². The molecule has 8 nitrogen and oxygen atoms in total. The molecule has 2 fully saturated rings. The number of sulfonamides is 1. The van der Waals surface area contributed by atoms with Crippen LogP contribution in [-0.2, 0) is 21.9 Å². The maximum atomic E-state index is 12.8. The Bertz CT molecular complexity index is 788. The van der Waals surface area contributed by atoms with Gasteiger partial charge < -0.3 is 14.4 Å². The molecule has 2 saturated heterocycles. The zero-order valence-electron chi connectivity index (χ0n) is 15.3. The topological polar surface area (TPSA) is 82.9 Å². The second kappa shape index (κ2) is 7.40. The number of hydrogen-bond donors (Lipinski definition) is 0. The van der Waals surface area contributed by atoms with Crippen LogP contribution in [0.3, 0.4) is 0 Å². The maximum Gasteiger partial charge on any atom is 0.270 e. The van der Waals surface area contributed by atoms with Gasteiger partial charge in [0.25, 0.3) is 5.91 Å². The Morgan fingerprint density at radius 2 is 1.50 bits per heavy atom. The van der Waals surface area contributed by atoms with Gasteiger partial charge in [-0.3, -0.25) is 9.59 Å². The van der Waals surface area contributed by atoms with Crippen LogP contribution in [-0.4, -0.2) is 78.2 Å². The van der Waals surface area contributed by atoms with E-state index >= 15 is 0 Å². The Morgan fingerprint density at radius 3 is 2.08 bits per heavy atom. The Morgan fingerprint density at radius 1 is 0.923 bits per heavy atom. The molecule has 0 N–H and O–H groups in total. The summed E-state index contributed by atoms with van der Waals surface area (Å²) in [4.78, 5) is 27.8. The predicted molar refractivity (Wildman–Crippen MR) is 96.2 cm³/mol. The Hall–Kier alpha value is -1.87. The van der Waals surface area contributed by atoms with E-state index in [1.807, 2.05) is 0 Å². The summed E-state index contributed by atoms with van der Waals surface area (Å²) in [6, 6.07) is 1.48. The summed E-state index contributed by atoms with van der Waals surface area (Å²) in [5.74, 6) is -0.193. The first-order chi connectivity index (χ1) is 12.3. The number of hydrogen-bond acceptors (Lipinski definition) is 4. The molecule has 1 aromatic rings. The van der Waals surface area contributed by atoms with E-state index in [4.69, 9.17) is 0 Å². The number of aryl methyl sites for hydroxylation is 1. The van der Waals surface area contributed by atoms with Crippen molar-refractivity contribution in [2.45, 2.75) is 31.1 Å². The summed E-state index contributed by atoms with van der Waals surface area (Å²) in [5.41, 5.74) is 0.358. The zero-order valence-corrected chi connectivity index (χ0v) is 16.2. The lowest BCUT2D eigenvalue weighted by Crippen LogP contribution is -2.50. The van der Waals surface area contributed by atoms with Crippen LogP contribution in [0.2, 0.25) is 0 Å². The fraction of sp³-hybridized carbons (Fsp3) is 0.647. The molecule has 144 valence electrons. The lowest BCUT2D eigenvalue weighted by molar-refractivity contribution is -0.130. The van der Waals surface area contributed by atoms with Gasteiger partial charge >= 0.3 is 0 Å². The molecule has 0 atom stereocenters. The van der Waals surface area contributed by atoms with Crippen LogP contribution in [0.5, 0.6) is 0 Å². The van der Waals surface area contributed by atoms with Crippen LogP contribution in [0.1, 0.15) is 36.7 Å². The summed E-state index contributed by atoms with van der Waals surface area (Å²) in [5, 5.41) is 0. The number of aromatic nitrogens is 1. The van der Waals surface area contributed by atoms with Gasteiger partial charge in [0.05, 0.1) is 0 Å². The molecule has 0 unspecified atom stereocenters. The number of rotatable bonds is 3. The molecule has 0 saturated carbocycles. The largest absolute Gasteiger partial charge is 0.345 e. The van der Waals surface area contributed by atoms with E-state index in [1.165, 1.54) is 23.5 Å². The van der Waals surface area contributed by atoms with Crippen LogP contribution in [0.4, 0.5) is 0 Å². The van der Waals surface area contributed by atoms with Gasteiger partial charge in [-0.15, -0.1) is 0 Å². The average Bonchev–Trinajstić information content (AvgIpc) is 3.04. The highest BCUT2D eigenvalue weighted by Crippen LogP contribution is 2.23. The van der Waals surface area contributed by atoms with E-state index in [1.54, 1.807) is 21.4 Å². The van der Waals surface area contributed by atoms with E-state index in [0.717, 1.165) is 19.3 Å². The molecule has 3 heterocycles. The zero-order chi connectivity index (χ0) is 18.9. The SMILES string of the molecule is CC(=O)N1CCN(C(=O)c2cc(S(=O)(=O)N3CCCCC3)cn2C)CC1. The Kier molecular flexibility index (Phi) is 5.38. The number of nitrogens with zero attached hydrogens (tertiary/aromatic N) is 4. The minimum Gasteiger partial charge on any atom is -0.345 e. The number of carbonyl (C=O) groups excluding carboxylic acids is 2. The molecular weight excluding hydrogens is 356 g/mol. The van der Waals surface area contributed by atoms with Gasteiger partial charge in [-0.2, -0.15) is 4.31 Å². The second-order valence-corrected chi connectivity index (χ2v) is 8.87. The third kappa shape index (κ3) is 3.64. The fourth-order valence-electron chi connectivity index (χ4n) is 3.53. The number of piperidine rings is 1. The molecule has 1 aromatic heterocycles. The van der Waals surface area contributed by atoms with E-state index in [-0.39, 0.29) is 16.7 Å². The average molecular weight is 382 g/mol. The first kappa shape index (κ1) is 18.9. The predicted octanol–water partition coefficient (Wildman–Crippen LogP) is 0.504. The molecule has 2 aliphatic rings. The van der Waals surface area contributed by atoms with Gasteiger partial charge in [0, 0.05) is 59.4 Å². The molecule has 0 radical (unpaired) electrons. The summed E-state index contributed by atoms with van der Waals surface area (Å²) in [6.07, 6.45) is 4.32. The van der Waals surface area contributed by atoms with Crippen LogP contribution in [0.25, 0.3) is 0 Å². The molecule has 3 rings (SSSR count). The molecule has 26 heavy (non-hydrogen) atoms. The number of piperazine rings is 1. The van der Waals surface area contributed by atoms with Crippen molar-refractivity contribution in [3.63, 3.8) is 0 Å². The normalized spacial score (nSPS) is 19.6. The van der Waals surface area contributed by atoms with E-state index in [9.17, 15) is 18.0 Å². The molecule has 0 bridgehead atoms. The third-order valence-electron chi connectivity index (χ3n) is 5.16. The minimum atomic E-state index is -3.56. The lowest BCUT2D eigenvalue weighted by Gasteiger charge is -2.34. The summed E-state index contributed by atoms with van der Waals surface area (Å²) >= 11 is 0. The van der Waals surface area contributed by atoms with Crippen molar-refractivity contribution in [1.29, 1.82) is 0 Å². The van der Waals surface area contributed by atoms with Gasteiger partial charge in [-0.1, -0.05) is 6.42 Å². The van der Waals surface area contributed by atoms with Crippen LogP contribution in [0, 0.1) is 0 Å². The lowest BCUT2D eigenvalue weighted by atomic mass is 10.2. The van der Waals surface area contributed by atoms with Crippen LogP contribution < -0.4 is 0 Å². The highest BCUT2D eigenvalue weighted by molar-refractivity contribution is 7.89. The van der Waals surface area contributed by atoms with Gasteiger partial charge in [-0.05, 0) is 18.9 Å². The van der Waals surface area contributed by atoms with Gasteiger partial charge in [-0.25, -0.2) is 8.42 Å². The first-order valence-corrected chi connectivity index (χ1v) is 10.5. The smallest absolute Gasteiger partial charge is 0.270 e. The molecule has 0 spiro atoms. The van der Waals surface area contributed by atoms with Crippen molar-refractivity contribution in [2.24, 2.45) is 7.05 Å². The summed E-state index contributed by atoms with van der Waals surface area (Å²) in [7, 11) is -1.87. The van der Waals surface area contributed by atoms with Crippen molar-refractivity contribution in [3.8, 4) is 0 Å². The molecule has 0 aliphatic carbocycles. The van der Waals surface area contributed by atoms with Crippen molar-refractivity contribution in [2.75, 3.05) is 39.3 Å². The van der Waals surface area contributed by atoms with Crippen molar-refractivity contribution in [3.05, 3.63) is 18.0 Å². The van der Waals surface area contributed by atoms with Crippen molar-refractivity contribution in [1.82, 2.24) is 18.7 Å². The fourth-order valence-corrected chi connectivity index (χ4v) is 5.12. The van der Waals surface area contributed by atoms with E-state index in [0.29, 0.717) is 45.0 Å². The first-order valence-electron chi connectivity index (χ1n) is 9.02. The minimum absolute atomic E-state index is 0.00544. The van der Waals surface area contributed by atoms with Crippen molar-refractivity contribution >= 4 is 21.8 Å². The highest BCUT2D eigenvalue weighted by atomic mass is 32.2. The van der Waals surface area contributed by atoms with Gasteiger partial charge in [0.15, 0.2) is 0 Å². The molecule has 0 aromatic carbocycles. The Balaban J connectivity index is 1.76. The molecule has 9 heteroatoms. The van der Waals surface area contributed by atoms with Crippen LogP contribution in [0.15, 0.2) is 17.2 Å². The molecule has 2 aliphatic heterocycles. The van der Waals surface area contributed by atoms with Crippen molar-refractivity contribution < 1.29 is 18.0 Å². The molecular formula is C17H26N4O4S. The van der Waals surface area contributed by atoms with Gasteiger partial charge in [0.2, 0.25) is 15.9 Å². The monoisotopic (exact) mass is 382 g/mol. The standard InChI is InChI=1S/C17H26N4O4S/c1-14(22)19-8-10-20(11-9-19)17(23)16-12-15(13-18(16)2)26(24,25)21-6-4-3-5-7-21/h12-13H,3-11H2,1-2H3. The summed E-state index contributed by atoms with van der Waals surface area (Å²) in [6.45, 7) is 4.51. The summed E-state index contributed by atoms with van der Waals surface area (Å²) < 4.78 is 28.7. The van der Waals surface area contributed by atoms with Crippen LogP contribution >= 0.6 is 0 Å². The maximum absolute atomic E-state index is 12.8.